The van der Waals surface area contributed by atoms with Gasteiger partial charge in [0.15, 0.2) is 5.75 Å². The lowest BCUT2D eigenvalue weighted by atomic mass is 10.2. The molecule has 2 aromatic carbocycles. The van der Waals surface area contributed by atoms with Gasteiger partial charge in [-0.1, -0.05) is 35.3 Å². The number of hydrogen-bond acceptors (Lipinski definition) is 7. The Kier molecular flexibility index (Phi) is 6.61. The van der Waals surface area contributed by atoms with Crippen molar-refractivity contribution in [3.8, 4) is 28.5 Å². The number of hydrogen-bond donors (Lipinski definition) is 1. The van der Waals surface area contributed by atoms with Crippen LogP contribution in [0, 0.1) is 0 Å². The molecule has 1 heterocycles. The Morgan fingerprint density at radius 1 is 1.07 bits per heavy atom. The number of aromatic nitrogens is 1. The van der Waals surface area contributed by atoms with Crippen molar-refractivity contribution in [1.29, 1.82) is 0 Å². The van der Waals surface area contributed by atoms with Crippen LogP contribution >= 0.6 is 34.5 Å². The van der Waals surface area contributed by atoms with Gasteiger partial charge in [0.05, 0.1) is 38.3 Å². The third-order valence-corrected chi connectivity index (χ3v) is 5.17. The maximum atomic E-state index is 6.27. The lowest BCUT2D eigenvalue weighted by Crippen LogP contribution is -1.97. The fourth-order valence-electron chi connectivity index (χ4n) is 2.49. The third-order valence-electron chi connectivity index (χ3n) is 3.80. The van der Waals surface area contributed by atoms with Crippen LogP contribution in [-0.2, 0) is 0 Å². The molecule has 0 aliphatic rings. The standard InChI is InChI=1S/C19H17Cl2N3O3S/c1-25-13-6-4-5-11(7-13)15-10-28-19(23-15)24-22-9-12-8-14(20)18(27-3)16(21)17(12)26-2/h4-10H,1-3H3,(H,23,24)/b22-9-. The summed E-state index contributed by atoms with van der Waals surface area (Å²) >= 11 is 13.9. The van der Waals surface area contributed by atoms with Crippen LogP contribution in [0.5, 0.6) is 17.2 Å². The minimum Gasteiger partial charge on any atom is -0.497 e. The van der Waals surface area contributed by atoms with E-state index in [0.29, 0.717) is 27.2 Å². The SMILES string of the molecule is COc1cccc(-c2csc(N/N=C\c3cc(Cl)c(OC)c(Cl)c3OC)n2)c1. The predicted molar refractivity (Wildman–Crippen MR) is 115 cm³/mol. The van der Waals surface area contributed by atoms with Gasteiger partial charge in [0, 0.05) is 16.5 Å². The molecule has 0 saturated heterocycles. The Balaban J connectivity index is 1.78. The predicted octanol–water partition coefficient (Wildman–Crippen LogP) is 5.59. The van der Waals surface area contributed by atoms with Crippen LogP contribution < -0.4 is 19.6 Å². The summed E-state index contributed by atoms with van der Waals surface area (Å²) in [4.78, 5) is 4.53. The van der Waals surface area contributed by atoms with Gasteiger partial charge in [0.2, 0.25) is 5.13 Å². The van der Waals surface area contributed by atoms with Gasteiger partial charge in [0.1, 0.15) is 16.5 Å². The van der Waals surface area contributed by atoms with Gasteiger partial charge in [-0.05, 0) is 18.2 Å². The van der Waals surface area contributed by atoms with Gasteiger partial charge < -0.3 is 14.2 Å². The molecule has 0 saturated carbocycles. The molecule has 1 N–H and O–H groups in total. The van der Waals surface area contributed by atoms with Crippen molar-refractivity contribution in [1.82, 2.24) is 4.98 Å². The number of rotatable bonds is 7. The summed E-state index contributed by atoms with van der Waals surface area (Å²) in [5, 5.41) is 7.44. The second-order valence-electron chi connectivity index (χ2n) is 5.47. The van der Waals surface area contributed by atoms with Crippen LogP contribution in [0.25, 0.3) is 11.3 Å². The molecule has 0 radical (unpaired) electrons. The first-order valence-corrected chi connectivity index (χ1v) is 9.70. The van der Waals surface area contributed by atoms with Gasteiger partial charge in [-0.25, -0.2) is 4.98 Å². The molecule has 3 rings (SSSR count). The molecule has 0 bridgehead atoms. The molecule has 1 aromatic heterocycles. The highest BCUT2D eigenvalue weighted by molar-refractivity contribution is 7.14. The van der Waals surface area contributed by atoms with Crippen LogP contribution in [0.15, 0.2) is 40.8 Å². The molecular weight excluding hydrogens is 421 g/mol. The topological polar surface area (TPSA) is 65.0 Å². The van der Waals surface area contributed by atoms with Gasteiger partial charge in [-0.3, -0.25) is 5.43 Å². The minimum atomic E-state index is 0.286. The van der Waals surface area contributed by atoms with Crippen molar-refractivity contribution >= 4 is 45.9 Å². The van der Waals surface area contributed by atoms with Crippen molar-refractivity contribution in [3.05, 3.63) is 51.3 Å². The van der Waals surface area contributed by atoms with E-state index in [4.69, 9.17) is 37.4 Å². The highest BCUT2D eigenvalue weighted by Gasteiger charge is 2.16. The molecule has 9 heteroatoms. The highest BCUT2D eigenvalue weighted by Crippen LogP contribution is 2.41. The van der Waals surface area contributed by atoms with Crippen LogP contribution in [0.3, 0.4) is 0 Å². The van der Waals surface area contributed by atoms with E-state index < -0.39 is 0 Å². The molecule has 0 unspecified atom stereocenters. The van der Waals surface area contributed by atoms with Gasteiger partial charge >= 0.3 is 0 Å². The first kappa shape index (κ1) is 20.3. The van der Waals surface area contributed by atoms with Gasteiger partial charge in [-0.15, -0.1) is 11.3 Å². The number of halogens is 2. The Morgan fingerprint density at radius 2 is 1.86 bits per heavy atom. The normalized spacial score (nSPS) is 10.9. The van der Waals surface area contributed by atoms with Crippen molar-refractivity contribution in [3.63, 3.8) is 0 Å². The number of methoxy groups -OCH3 is 3. The Hall–Kier alpha value is -2.48. The van der Waals surface area contributed by atoms with Gasteiger partial charge in [0.25, 0.3) is 0 Å². The van der Waals surface area contributed by atoms with E-state index in [-0.39, 0.29) is 5.02 Å². The Morgan fingerprint density at radius 3 is 2.57 bits per heavy atom. The largest absolute Gasteiger partial charge is 0.497 e. The fraction of sp³-hybridized carbons (Fsp3) is 0.158. The maximum Gasteiger partial charge on any atom is 0.203 e. The zero-order valence-electron chi connectivity index (χ0n) is 15.3. The summed E-state index contributed by atoms with van der Waals surface area (Å²) in [5.74, 6) is 1.55. The highest BCUT2D eigenvalue weighted by atomic mass is 35.5. The number of thiazole rings is 1. The number of ether oxygens (including phenoxy) is 3. The molecule has 0 amide bonds. The summed E-state index contributed by atoms with van der Waals surface area (Å²) < 4.78 is 15.8. The molecule has 28 heavy (non-hydrogen) atoms. The van der Waals surface area contributed by atoms with Crippen molar-refractivity contribution in [2.24, 2.45) is 5.10 Å². The first-order valence-electron chi connectivity index (χ1n) is 8.06. The molecular formula is C19H17Cl2N3O3S. The molecule has 0 atom stereocenters. The maximum absolute atomic E-state index is 6.27. The average molecular weight is 438 g/mol. The summed E-state index contributed by atoms with van der Waals surface area (Å²) in [6, 6.07) is 9.37. The summed E-state index contributed by atoms with van der Waals surface area (Å²) in [5.41, 5.74) is 5.30. The molecule has 0 aliphatic carbocycles. The fourth-order valence-corrected chi connectivity index (χ4v) is 3.86. The monoisotopic (exact) mass is 437 g/mol. The summed E-state index contributed by atoms with van der Waals surface area (Å²) in [7, 11) is 4.64. The second-order valence-corrected chi connectivity index (χ2v) is 7.11. The van der Waals surface area contributed by atoms with Gasteiger partial charge in [-0.2, -0.15) is 5.10 Å². The van der Waals surface area contributed by atoms with Crippen molar-refractivity contribution < 1.29 is 14.2 Å². The lowest BCUT2D eigenvalue weighted by molar-refractivity contribution is 0.394. The first-order chi connectivity index (χ1) is 13.6. The van der Waals surface area contributed by atoms with Crippen LogP contribution in [-0.4, -0.2) is 32.5 Å². The zero-order chi connectivity index (χ0) is 20.1. The summed E-state index contributed by atoms with van der Waals surface area (Å²) in [6.45, 7) is 0. The van der Waals surface area contributed by atoms with Crippen molar-refractivity contribution in [2.45, 2.75) is 0 Å². The molecule has 3 aromatic rings. The smallest absolute Gasteiger partial charge is 0.203 e. The molecule has 0 spiro atoms. The van der Waals surface area contributed by atoms with Crippen LogP contribution in [0.2, 0.25) is 10.0 Å². The van der Waals surface area contributed by atoms with Crippen LogP contribution in [0.4, 0.5) is 5.13 Å². The Labute approximate surface area is 176 Å². The third kappa shape index (κ3) is 4.32. The quantitative estimate of drug-likeness (QED) is 0.385. The van der Waals surface area contributed by atoms with E-state index in [9.17, 15) is 0 Å². The lowest BCUT2D eigenvalue weighted by Gasteiger charge is -2.12. The molecule has 0 fully saturated rings. The minimum absolute atomic E-state index is 0.286. The number of anilines is 1. The van der Waals surface area contributed by atoms with Crippen LogP contribution in [0.1, 0.15) is 5.56 Å². The van der Waals surface area contributed by atoms with E-state index in [1.165, 1.54) is 25.6 Å². The zero-order valence-corrected chi connectivity index (χ0v) is 17.7. The van der Waals surface area contributed by atoms with E-state index in [1.807, 2.05) is 29.6 Å². The number of nitrogens with zero attached hydrogens (tertiary/aromatic N) is 2. The van der Waals surface area contributed by atoms with E-state index in [2.05, 4.69) is 15.5 Å². The number of benzene rings is 2. The Bertz CT molecular complexity index is 1010. The molecule has 146 valence electrons. The number of hydrazone groups is 1. The molecule has 0 aliphatic heterocycles. The van der Waals surface area contributed by atoms with E-state index >= 15 is 0 Å². The van der Waals surface area contributed by atoms with E-state index in [1.54, 1.807) is 19.4 Å². The van der Waals surface area contributed by atoms with E-state index in [0.717, 1.165) is 17.0 Å². The summed E-state index contributed by atoms with van der Waals surface area (Å²) in [6.07, 6.45) is 1.56. The van der Waals surface area contributed by atoms with Crippen molar-refractivity contribution in [2.75, 3.05) is 26.8 Å². The second kappa shape index (κ2) is 9.14. The number of nitrogens with one attached hydrogen (secondary N) is 1. The average Bonchev–Trinajstić information content (AvgIpc) is 3.17. The molecule has 6 nitrogen and oxygen atoms in total.